The van der Waals surface area contributed by atoms with Gasteiger partial charge in [-0.25, -0.2) is 0 Å². The molecule has 0 spiro atoms. The second kappa shape index (κ2) is 4.69. The van der Waals surface area contributed by atoms with E-state index in [1.165, 1.54) is 6.07 Å². The molecule has 88 valence electrons. The molecule has 0 aliphatic heterocycles. The van der Waals surface area contributed by atoms with E-state index in [0.717, 1.165) is 17.7 Å². The quantitative estimate of drug-likeness (QED) is 0.748. The molecule has 1 heterocycles. The number of aromatic nitrogens is 2. The van der Waals surface area contributed by atoms with Gasteiger partial charge in [-0.3, -0.25) is 19.8 Å². The molecule has 0 unspecified atom stereocenters. The Balaban J connectivity index is 2.21. The Morgan fingerprint density at radius 3 is 2.71 bits per heavy atom. The Hall–Kier alpha value is -2.30. The van der Waals surface area contributed by atoms with Gasteiger partial charge in [-0.05, 0) is 18.1 Å². The van der Waals surface area contributed by atoms with Crippen LogP contribution in [0.2, 0.25) is 0 Å². The second-order valence-electron chi connectivity index (χ2n) is 3.64. The first-order valence-electron chi connectivity index (χ1n) is 5.37. The van der Waals surface area contributed by atoms with Gasteiger partial charge in [0.15, 0.2) is 0 Å². The highest BCUT2D eigenvalue weighted by molar-refractivity contribution is 6.03. The number of aryl methyl sites for hydroxylation is 1. The van der Waals surface area contributed by atoms with E-state index in [4.69, 9.17) is 0 Å². The van der Waals surface area contributed by atoms with Crippen LogP contribution in [0.25, 0.3) is 0 Å². The highest BCUT2D eigenvalue weighted by Crippen LogP contribution is 2.15. The van der Waals surface area contributed by atoms with Crippen LogP contribution in [-0.4, -0.2) is 16.1 Å². The summed E-state index contributed by atoms with van der Waals surface area (Å²) in [7, 11) is 0. The lowest BCUT2D eigenvalue weighted by Gasteiger charge is -2.08. The van der Waals surface area contributed by atoms with Crippen LogP contribution in [0.3, 0.4) is 0 Å². The molecule has 0 radical (unpaired) electrons. The molecule has 17 heavy (non-hydrogen) atoms. The van der Waals surface area contributed by atoms with Gasteiger partial charge in [-0.2, -0.15) is 0 Å². The summed E-state index contributed by atoms with van der Waals surface area (Å²) in [6.45, 7) is 2.02. The minimum Gasteiger partial charge on any atom is -0.320 e. The third-order valence-electron chi connectivity index (χ3n) is 2.49. The number of carbonyl (C=O) groups is 1. The molecular formula is C12H13N3O2. The molecule has 1 amide bonds. The summed E-state index contributed by atoms with van der Waals surface area (Å²) in [5.74, 6) is -0.329. The first kappa shape index (κ1) is 11.2. The van der Waals surface area contributed by atoms with Gasteiger partial charge in [0.25, 0.3) is 11.5 Å². The van der Waals surface area contributed by atoms with Crippen LogP contribution in [-0.2, 0) is 6.42 Å². The molecule has 1 aromatic carbocycles. The minimum absolute atomic E-state index is 0.223. The normalized spacial score (nSPS) is 10.2. The van der Waals surface area contributed by atoms with E-state index in [2.05, 4.69) is 15.5 Å². The molecule has 5 heteroatoms. The lowest BCUT2D eigenvalue weighted by Crippen LogP contribution is -2.13. The topological polar surface area (TPSA) is 77.8 Å². The molecule has 0 atom stereocenters. The summed E-state index contributed by atoms with van der Waals surface area (Å²) in [6.07, 6.45) is 0.833. The van der Waals surface area contributed by atoms with Crippen molar-refractivity contribution in [3.8, 4) is 0 Å². The number of benzene rings is 1. The van der Waals surface area contributed by atoms with Gasteiger partial charge in [0.2, 0.25) is 0 Å². The lowest BCUT2D eigenvalue weighted by atomic mass is 10.1. The van der Waals surface area contributed by atoms with Crippen molar-refractivity contribution in [2.75, 3.05) is 5.32 Å². The maximum Gasteiger partial charge on any atom is 0.273 e. The van der Waals surface area contributed by atoms with Crippen molar-refractivity contribution in [3.63, 3.8) is 0 Å². The van der Waals surface area contributed by atoms with Crippen LogP contribution < -0.4 is 10.9 Å². The summed E-state index contributed by atoms with van der Waals surface area (Å²) in [6, 6.07) is 8.79. The predicted molar refractivity (Wildman–Crippen MR) is 65.2 cm³/mol. The van der Waals surface area contributed by atoms with Crippen LogP contribution in [0.5, 0.6) is 0 Å². The number of amides is 1. The number of nitrogens with one attached hydrogen (secondary N) is 3. The fourth-order valence-electron chi connectivity index (χ4n) is 1.59. The maximum absolute atomic E-state index is 11.8. The highest BCUT2D eigenvalue weighted by atomic mass is 16.2. The van der Waals surface area contributed by atoms with Crippen molar-refractivity contribution in [2.45, 2.75) is 13.3 Å². The van der Waals surface area contributed by atoms with Crippen molar-refractivity contribution in [3.05, 3.63) is 51.9 Å². The van der Waals surface area contributed by atoms with Gasteiger partial charge in [0.05, 0.1) is 0 Å². The minimum atomic E-state index is -0.329. The number of anilines is 1. The Bertz CT molecular complexity index is 583. The third-order valence-corrected chi connectivity index (χ3v) is 2.49. The molecule has 1 aromatic heterocycles. The number of carbonyl (C=O) groups excluding carboxylic acids is 1. The molecule has 2 rings (SSSR count). The Kier molecular flexibility index (Phi) is 3.09. The molecule has 5 nitrogen and oxygen atoms in total. The SMILES string of the molecule is CCc1ccccc1NC(=O)c1cc(=O)[nH][nH]1. The lowest BCUT2D eigenvalue weighted by molar-refractivity contribution is 0.102. The third kappa shape index (κ3) is 2.44. The van der Waals surface area contributed by atoms with E-state index in [0.29, 0.717) is 0 Å². The monoisotopic (exact) mass is 231 g/mol. The maximum atomic E-state index is 11.8. The molecule has 2 aromatic rings. The van der Waals surface area contributed by atoms with Gasteiger partial charge in [-0.1, -0.05) is 25.1 Å². The van der Waals surface area contributed by atoms with Crippen LogP contribution in [0.4, 0.5) is 5.69 Å². The van der Waals surface area contributed by atoms with Crippen molar-refractivity contribution >= 4 is 11.6 Å². The van der Waals surface area contributed by atoms with Crippen LogP contribution in [0.15, 0.2) is 35.1 Å². The summed E-state index contributed by atoms with van der Waals surface area (Å²) < 4.78 is 0. The van der Waals surface area contributed by atoms with Crippen molar-refractivity contribution in [2.24, 2.45) is 0 Å². The number of aromatic amines is 2. The summed E-state index contributed by atoms with van der Waals surface area (Å²) in [5, 5.41) is 7.60. The molecule has 0 aliphatic rings. The average molecular weight is 231 g/mol. The molecule has 3 N–H and O–H groups in total. The van der Waals surface area contributed by atoms with Crippen LogP contribution in [0, 0.1) is 0 Å². The first-order chi connectivity index (χ1) is 8.20. The fourth-order valence-corrected chi connectivity index (χ4v) is 1.59. The van der Waals surface area contributed by atoms with Crippen LogP contribution >= 0.6 is 0 Å². The van der Waals surface area contributed by atoms with Crippen LogP contribution in [0.1, 0.15) is 23.0 Å². The van der Waals surface area contributed by atoms with Crippen molar-refractivity contribution < 1.29 is 4.79 Å². The molecular weight excluding hydrogens is 218 g/mol. The summed E-state index contributed by atoms with van der Waals surface area (Å²) >= 11 is 0. The number of H-pyrrole nitrogens is 2. The zero-order chi connectivity index (χ0) is 12.3. The van der Waals surface area contributed by atoms with E-state index in [1.807, 2.05) is 31.2 Å². The smallest absolute Gasteiger partial charge is 0.273 e. The zero-order valence-corrected chi connectivity index (χ0v) is 9.41. The van der Waals surface area contributed by atoms with Gasteiger partial charge >= 0.3 is 0 Å². The number of hydrogen-bond acceptors (Lipinski definition) is 2. The Labute approximate surface area is 97.9 Å². The molecule has 0 aliphatic carbocycles. The average Bonchev–Trinajstić information content (AvgIpc) is 2.77. The van der Waals surface area contributed by atoms with Crippen molar-refractivity contribution in [1.82, 2.24) is 10.2 Å². The van der Waals surface area contributed by atoms with Crippen molar-refractivity contribution in [1.29, 1.82) is 0 Å². The summed E-state index contributed by atoms with van der Waals surface area (Å²) in [5.41, 5.74) is 1.72. The zero-order valence-electron chi connectivity index (χ0n) is 9.41. The molecule has 0 saturated carbocycles. The Morgan fingerprint density at radius 1 is 1.29 bits per heavy atom. The van der Waals surface area contributed by atoms with Gasteiger partial charge in [0.1, 0.15) is 5.69 Å². The van der Waals surface area contributed by atoms with Gasteiger partial charge in [0, 0.05) is 11.8 Å². The Morgan fingerprint density at radius 2 is 2.06 bits per heavy atom. The first-order valence-corrected chi connectivity index (χ1v) is 5.37. The van der Waals surface area contributed by atoms with E-state index >= 15 is 0 Å². The second-order valence-corrected chi connectivity index (χ2v) is 3.64. The molecule has 0 fully saturated rings. The fraction of sp³-hybridized carbons (Fsp3) is 0.167. The molecule has 0 bridgehead atoms. The summed E-state index contributed by atoms with van der Waals surface area (Å²) in [4.78, 5) is 22.7. The molecule has 0 saturated heterocycles. The van der Waals surface area contributed by atoms with E-state index < -0.39 is 0 Å². The van der Waals surface area contributed by atoms with E-state index in [9.17, 15) is 9.59 Å². The number of rotatable bonds is 3. The number of para-hydroxylation sites is 1. The predicted octanol–water partition coefficient (Wildman–Crippen LogP) is 1.52. The van der Waals surface area contributed by atoms with E-state index in [1.54, 1.807) is 0 Å². The van der Waals surface area contributed by atoms with Gasteiger partial charge < -0.3 is 5.32 Å². The van der Waals surface area contributed by atoms with E-state index in [-0.39, 0.29) is 17.2 Å². The highest BCUT2D eigenvalue weighted by Gasteiger charge is 2.09. The number of hydrogen-bond donors (Lipinski definition) is 3. The largest absolute Gasteiger partial charge is 0.320 e. The van der Waals surface area contributed by atoms with Gasteiger partial charge in [-0.15, -0.1) is 0 Å². The standard InChI is InChI=1S/C12H13N3O2/c1-2-8-5-3-4-6-9(8)13-12(17)10-7-11(16)15-14-10/h3-7H,2H2,1H3,(H,13,17)(H2,14,15,16).